The van der Waals surface area contributed by atoms with Crippen molar-refractivity contribution in [2.24, 2.45) is 0 Å². The smallest absolute Gasteiger partial charge is 0.127 e. The lowest BCUT2D eigenvalue weighted by Gasteiger charge is -2.12. The minimum absolute atomic E-state index is 0.320. The van der Waals surface area contributed by atoms with Crippen molar-refractivity contribution < 1.29 is 4.39 Å². The first-order valence-electron chi connectivity index (χ1n) is 5.25. The van der Waals surface area contributed by atoms with Crippen molar-refractivity contribution in [2.45, 2.75) is 19.2 Å². The van der Waals surface area contributed by atoms with Gasteiger partial charge in [-0.2, -0.15) is 0 Å². The first kappa shape index (κ1) is 14.1. The Labute approximate surface area is 124 Å². The third kappa shape index (κ3) is 2.53. The van der Waals surface area contributed by atoms with E-state index in [1.54, 1.807) is 13.0 Å². The molecule has 18 heavy (non-hydrogen) atoms. The van der Waals surface area contributed by atoms with E-state index in [2.05, 4.69) is 0 Å². The van der Waals surface area contributed by atoms with Crippen LogP contribution >= 0.6 is 46.1 Å². The molecule has 0 aliphatic heterocycles. The van der Waals surface area contributed by atoms with Gasteiger partial charge in [-0.25, -0.2) is 4.39 Å². The molecular formula is C13H10Cl3FS. The molecule has 0 amide bonds. The van der Waals surface area contributed by atoms with Crippen LogP contribution in [0.25, 0.3) is 0 Å². The Morgan fingerprint density at radius 2 is 1.83 bits per heavy atom. The van der Waals surface area contributed by atoms with Gasteiger partial charge in [0.05, 0.1) is 10.4 Å². The molecule has 2 aromatic rings. The second-order valence-electron chi connectivity index (χ2n) is 4.08. The maximum atomic E-state index is 13.4. The first-order chi connectivity index (χ1) is 8.41. The van der Waals surface area contributed by atoms with Crippen molar-refractivity contribution in [3.05, 3.63) is 54.9 Å². The highest BCUT2D eigenvalue weighted by atomic mass is 35.5. The van der Waals surface area contributed by atoms with Gasteiger partial charge in [0.1, 0.15) is 5.82 Å². The molecule has 1 atom stereocenters. The van der Waals surface area contributed by atoms with Crippen LogP contribution in [0, 0.1) is 19.7 Å². The fourth-order valence-corrected chi connectivity index (χ4v) is 3.75. The van der Waals surface area contributed by atoms with E-state index in [-0.39, 0.29) is 5.82 Å². The molecule has 1 aromatic heterocycles. The molecule has 5 heteroatoms. The molecule has 1 aromatic carbocycles. The van der Waals surface area contributed by atoms with Crippen LogP contribution in [0.4, 0.5) is 4.39 Å². The Balaban J connectivity index is 2.49. The van der Waals surface area contributed by atoms with Crippen LogP contribution in [0.2, 0.25) is 10.0 Å². The average Bonchev–Trinajstić information content (AvgIpc) is 2.64. The molecule has 0 aliphatic rings. The predicted molar refractivity (Wildman–Crippen MR) is 77.9 cm³/mol. The van der Waals surface area contributed by atoms with Crippen molar-refractivity contribution in [1.82, 2.24) is 0 Å². The van der Waals surface area contributed by atoms with Gasteiger partial charge in [-0.3, -0.25) is 0 Å². The van der Waals surface area contributed by atoms with Crippen molar-refractivity contribution in [1.29, 1.82) is 0 Å². The summed E-state index contributed by atoms with van der Waals surface area (Å²) in [4.78, 5) is 0.837. The minimum Gasteiger partial charge on any atom is -0.207 e. The molecule has 0 saturated heterocycles. The summed E-state index contributed by atoms with van der Waals surface area (Å²) in [6, 6.07) is 2.96. The summed E-state index contributed by atoms with van der Waals surface area (Å²) in [6.07, 6.45) is 0. The Bertz CT molecular complexity index is 592. The van der Waals surface area contributed by atoms with Crippen LogP contribution in [0.1, 0.15) is 26.9 Å². The van der Waals surface area contributed by atoms with E-state index in [0.29, 0.717) is 21.2 Å². The van der Waals surface area contributed by atoms with Crippen molar-refractivity contribution in [3.8, 4) is 0 Å². The monoisotopic (exact) mass is 322 g/mol. The van der Waals surface area contributed by atoms with Gasteiger partial charge in [0.2, 0.25) is 0 Å². The summed E-state index contributed by atoms with van der Waals surface area (Å²) in [6.45, 7) is 3.60. The fraction of sp³-hybridized carbons (Fsp3) is 0.231. The maximum Gasteiger partial charge on any atom is 0.127 e. The summed E-state index contributed by atoms with van der Waals surface area (Å²) in [5.41, 5.74) is 2.18. The van der Waals surface area contributed by atoms with E-state index >= 15 is 0 Å². The molecule has 0 bridgehead atoms. The average molecular weight is 324 g/mol. The normalized spacial score (nSPS) is 12.8. The predicted octanol–water partition coefficient (Wildman–Crippen LogP) is 6.14. The Kier molecular flexibility index (Phi) is 4.22. The van der Waals surface area contributed by atoms with Gasteiger partial charge in [-0.15, -0.1) is 22.9 Å². The summed E-state index contributed by atoms with van der Waals surface area (Å²) >= 11 is 20.1. The fourth-order valence-electron chi connectivity index (χ4n) is 1.64. The molecule has 0 aliphatic carbocycles. The number of hydrogen-bond donors (Lipinski definition) is 0. The Hall–Kier alpha value is -0.280. The topological polar surface area (TPSA) is 0 Å². The quantitative estimate of drug-likeness (QED) is 0.582. The third-order valence-electron chi connectivity index (χ3n) is 2.71. The van der Waals surface area contributed by atoms with Crippen LogP contribution in [-0.2, 0) is 0 Å². The zero-order valence-corrected chi connectivity index (χ0v) is 12.8. The van der Waals surface area contributed by atoms with E-state index < -0.39 is 5.38 Å². The summed E-state index contributed by atoms with van der Waals surface area (Å²) < 4.78 is 13.4. The SMILES string of the molecule is Cc1cc(C(Cl)c2scc(C)c2Cl)c(Cl)cc1F. The zero-order valence-electron chi connectivity index (χ0n) is 9.73. The van der Waals surface area contributed by atoms with E-state index in [9.17, 15) is 4.39 Å². The summed E-state index contributed by atoms with van der Waals surface area (Å²) in [5.74, 6) is -0.332. The van der Waals surface area contributed by atoms with Crippen molar-refractivity contribution in [2.75, 3.05) is 0 Å². The molecular weight excluding hydrogens is 314 g/mol. The molecule has 1 unspecified atom stereocenters. The highest BCUT2D eigenvalue weighted by Crippen LogP contribution is 2.42. The maximum absolute atomic E-state index is 13.4. The number of aryl methyl sites for hydroxylation is 2. The molecule has 0 N–H and O–H groups in total. The number of benzene rings is 1. The van der Waals surface area contributed by atoms with Crippen LogP contribution in [0.3, 0.4) is 0 Å². The molecule has 0 spiro atoms. The van der Waals surface area contributed by atoms with Gasteiger partial charge in [0.25, 0.3) is 0 Å². The molecule has 1 heterocycles. The standard InChI is InChI=1S/C13H10Cl3FS/c1-6-3-8(9(14)4-10(6)17)12(16)13-11(15)7(2)5-18-13/h3-5,12H,1-2H3. The molecule has 2 rings (SSSR count). The number of hydrogen-bond acceptors (Lipinski definition) is 1. The highest BCUT2D eigenvalue weighted by Gasteiger charge is 2.21. The number of alkyl halides is 1. The van der Waals surface area contributed by atoms with Crippen LogP contribution in [0.15, 0.2) is 17.5 Å². The molecule has 96 valence electrons. The van der Waals surface area contributed by atoms with Crippen molar-refractivity contribution in [3.63, 3.8) is 0 Å². The zero-order chi connectivity index (χ0) is 13.4. The van der Waals surface area contributed by atoms with E-state index in [0.717, 1.165) is 10.4 Å². The van der Waals surface area contributed by atoms with Gasteiger partial charge in [0.15, 0.2) is 0 Å². The van der Waals surface area contributed by atoms with Crippen LogP contribution in [-0.4, -0.2) is 0 Å². The van der Waals surface area contributed by atoms with E-state index in [1.165, 1.54) is 17.4 Å². The van der Waals surface area contributed by atoms with Gasteiger partial charge < -0.3 is 0 Å². The number of thiophene rings is 1. The summed E-state index contributed by atoms with van der Waals surface area (Å²) in [5, 5.41) is 2.46. The van der Waals surface area contributed by atoms with Crippen molar-refractivity contribution >= 4 is 46.1 Å². The third-order valence-corrected chi connectivity index (χ3v) is 5.40. The van der Waals surface area contributed by atoms with Crippen LogP contribution < -0.4 is 0 Å². The van der Waals surface area contributed by atoms with Gasteiger partial charge in [-0.05, 0) is 48.1 Å². The van der Waals surface area contributed by atoms with E-state index in [1.807, 2.05) is 12.3 Å². The molecule has 0 radical (unpaired) electrons. The Morgan fingerprint density at radius 1 is 1.17 bits per heavy atom. The minimum atomic E-state index is -0.456. The van der Waals surface area contributed by atoms with E-state index in [4.69, 9.17) is 34.8 Å². The largest absolute Gasteiger partial charge is 0.207 e. The lowest BCUT2D eigenvalue weighted by molar-refractivity contribution is 0.618. The van der Waals surface area contributed by atoms with Gasteiger partial charge in [0, 0.05) is 9.90 Å². The summed E-state index contributed by atoms with van der Waals surface area (Å²) in [7, 11) is 0. The number of rotatable bonds is 2. The second kappa shape index (κ2) is 5.38. The number of halogens is 4. The first-order valence-corrected chi connectivity index (χ1v) is 7.32. The van der Waals surface area contributed by atoms with Crippen LogP contribution in [0.5, 0.6) is 0 Å². The lowest BCUT2D eigenvalue weighted by Crippen LogP contribution is -1.95. The molecule has 0 fully saturated rings. The molecule has 0 saturated carbocycles. The Morgan fingerprint density at radius 3 is 2.39 bits per heavy atom. The van der Waals surface area contributed by atoms with Gasteiger partial charge >= 0.3 is 0 Å². The highest BCUT2D eigenvalue weighted by molar-refractivity contribution is 7.11. The van der Waals surface area contributed by atoms with Gasteiger partial charge in [-0.1, -0.05) is 23.2 Å². The lowest BCUT2D eigenvalue weighted by atomic mass is 10.1. The second-order valence-corrected chi connectivity index (χ2v) is 6.22. The molecule has 0 nitrogen and oxygen atoms in total.